The van der Waals surface area contributed by atoms with E-state index in [1.165, 1.54) is 0 Å². The van der Waals surface area contributed by atoms with E-state index in [0.29, 0.717) is 0 Å². The van der Waals surface area contributed by atoms with Gasteiger partial charge in [0, 0.05) is 18.8 Å². The molecule has 1 saturated heterocycles. The molecule has 0 amide bonds. The molecule has 0 aliphatic carbocycles. The van der Waals surface area contributed by atoms with E-state index < -0.39 is 0 Å². The van der Waals surface area contributed by atoms with Gasteiger partial charge in [-0.1, -0.05) is 0 Å². The fourth-order valence-electron chi connectivity index (χ4n) is 1.38. The maximum Gasteiger partial charge on any atom is 0.0667 e. The Morgan fingerprint density at radius 2 is 2.40 bits per heavy atom. The van der Waals surface area contributed by atoms with Crippen LogP contribution in [0.2, 0.25) is 0 Å². The van der Waals surface area contributed by atoms with Gasteiger partial charge in [0.05, 0.1) is 6.10 Å². The van der Waals surface area contributed by atoms with Crippen LogP contribution in [0.15, 0.2) is 0 Å². The van der Waals surface area contributed by atoms with Gasteiger partial charge in [0.2, 0.25) is 0 Å². The zero-order valence-corrected chi connectivity index (χ0v) is 7.06. The van der Waals surface area contributed by atoms with Crippen LogP contribution in [0.25, 0.3) is 0 Å². The number of aliphatic hydroxyl groups is 1. The van der Waals surface area contributed by atoms with E-state index in [9.17, 15) is 5.11 Å². The molecule has 3 heteroatoms. The molecule has 1 aliphatic rings. The molecular formula is C7H15NOS. The first kappa shape index (κ1) is 8.37. The number of thiol groups is 1. The van der Waals surface area contributed by atoms with E-state index in [-0.39, 0.29) is 6.10 Å². The summed E-state index contributed by atoms with van der Waals surface area (Å²) in [6.07, 6.45) is 2.02. The lowest BCUT2D eigenvalue weighted by Gasteiger charge is -2.29. The van der Waals surface area contributed by atoms with Gasteiger partial charge in [-0.05, 0) is 19.4 Å². The number of hydrogen-bond donors (Lipinski definition) is 2. The molecule has 1 rings (SSSR count). The van der Waals surface area contributed by atoms with Crippen LogP contribution in [0.1, 0.15) is 12.8 Å². The van der Waals surface area contributed by atoms with Crippen LogP contribution in [0, 0.1) is 0 Å². The van der Waals surface area contributed by atoms with Gasteiger partial charge < -0.3 is 5.11 Å². The summed E-state index contributed by atoms with van der Waals surface area (Å²) < 4.78 is 0. The van der Waals surface area contributed by atoms with E-state index in [1.807, 2.05) is 0 Å². The highest BCUT2D eigenvalue weighted by atomic mass is 32.1. The maximum absolute atomic E-state index is 9.24. The van der Waals surface area contributed by atoms with Crippen LogP contribution in [-0.2, 0) is 0 Å². The van der Waals surface area contributed by atoms with Gasteiger partial charge >= 0.3 is 0 Å². The lowest BCUT2D eigenvalue weighted by atomic mass is 10.1. The first-order valence-corrected chi connectivity index (χ1v) is 4.47. The third kappa shape index (κ3) is 2.48. The summed E-state index contributed by atoms with van der Waals surface area (Å²) in [5, 5.41) is 9.24. The summed E-state index contributed by atoms with van der Waals surface area (Å²) in [4.78, 5) is 2.27. The number of hydrogen-bond acceptors (Lipinski definition) is 3. The third-order valence-corrected chi connectivity index (χ3v) is 2.10. The monoisotopic (exact) mass is 161 g/mol. The van der Waals surface area contributed by atoms with Crippen molar-refractivity contribution in [2.24, 2.45) is 0 Å². The van der Waals surface area contributed by atoms with Gasteiger partial charge in [-0.25, -0.2) is 0 Å². The molecule has 0 aromatic carbocycles. The van der Waals surface area contributed by atoms with Crippen molar-refractivity contribution in [3.63, 3.8) is 0 Å². The summed E-state index contributed by atoms with van der Waals surface area (Å²) in [6.45, 7) is 3.00. The van der Waals surface area contributed by atoms with Crippen LogP contribution in [0.5, 0.6) is 0 Å². The van der Waals surface area contributed by atoms with Crippen molar-refractivity contribution >= 4 is 12.6 Å². The van der Waals surface area contributed by atoms with Gasteiger partial charge in [-0.3, -0.25) is 4.90 Å². The van der Waals surface area contributed by atoms with E-state index in [1.54, 1.807) is 0 Å². The second-order valence-corrected chi connectivity index (χ2v) is 3.27. The van der Waals surface area contributed by atoms with Gasteiger partial charge in [-0.15, -0.1) is 0 Å². The zero-order chi connectivity index (χ0) is 7.40. The fraction of sp³-hybridized carbons (Fsp3) is 1.00. The SMILES string of the molecule is OC1CCCN(CCS)C1. The van der Waals surface area contributed by atoms with Crippen LogP contribution >= 0.6 is 12.6 Å². The molecule has 1 heterocycles. The van der Waals surface area contributed by atoms with Gasteiger partial charge in [0.25, 0.3) is 0 Å². The average molecular weight is 161 g/mol. The number of β-amino-alcohol motifs (C(OH)–C–C–N with tert-alkyl or cyclic N) is 1. The Bertz CT molecular complexity index is 97.6. The largest absolute Gasteiger partial charge is 0.392 e. The normalized spacial score (nSPS) is 28.8. The summed E-state index contributed by atoms with van der Waals surface area (Å²) in [5.41, 5.74) is 0. The first-order chi connectivity index (χ1) is 4.83. The van der Waals surface area contributed by atoms with Crippen molar-refractivity contribution in [1.82, 2.24) is 4.90 Å². The van der Waals surface area contributed by atoms with Crippen LogP contribution < -0.4 is 0 Å². The predicted molar refractivity (Wildman–Crippen MR) is 45.5 cm³/mol. The van der Waals surface area contributed by atoms with Crippen molar-refractivity contribution in [3.8, 4) is 0 Å². The highest BCUT2D eigenvalue weighted by Crippen LogP contribution is 2.08. The lowest BCUT2D eigenvalue weighted by Crippen LogP contribution is -2.39. The van der Waals surface area contributed by atoms with Crippen molar-refractivity contribution in [3.05, 3.63) is 0 Å². The number of rotatable bonds is 2. The Hall–Kier alpha value is 0.270. The number of aliphatic hydroxyl groups excluding tert-OH is 1. The van der Waals surface area contributed by atoms with Gasteiger partial charge in [0.15, 0.2) is 0 Å². The third-order valence-electron chi connectivity index (χ3n) is 1.90. The Morgan fingerprint density at radius 1 is 1.60 bits per heavy atom. The molecular weight excluding hydrogens is 146 g/mol. The van der Waals surface area contributed by atoms with Crippen LogP contribution in [0.3, 0.4) is 0 Å². The van der Waals surface area contributed by atoms with E-state index in [0.717, 1.165) is 38.2 Å². The second kappa shape index (κ2) is 4.21. The topological polar surface area (TPSA) is 23.5 Å². The maximum atomic E-state index is 9.24. The molecule has 0 aromatic rings. The second-order valence-electron chi connectivity index (χ2n) is 2.82. The zero-order valence-electron chi connectivity index (χ0n) is 6.16. The Labute approximate surface area is 67.6 Å². The predicted octanol–water partition coefficient (Wildman–Crippen LogP) is 0.373. The van der Waals surface area contributed by atoms with E-state index >= 15 is 0 Å². The minimum absolute atomic E-state index is 0.0892. The molecule has 0 aromatic heterocycles. The summed E-state index contributed by atoms with van der Waals surface area (Å²) in [7, 11) is 0. The number of piperidine rings is 1. The molecule has 1 aliphatic heterocycles. The highest BCUT2D eigenvalue weighted by Gasteiger charge is 2.15. The molecule has 0 spiro atoms. The molecule has 1 atom stereocenters. The highest BCUT2D eigenvalue weighted by molar-refractivity contribution is 7.80. The summed E-state index contributed by atoms with van der Waals surface area (Å²) >= 11 is 4.14. The quantitative estimate of drug-likeness (QED) is 0.572. The molecule has 1 unspecified atom stereocenters. The van der Waals surface area contributed by atoms with Crippen LogP contribution in [-0.4, -0.2) is 41.5 Å². The Morgan fingerprint density at radius 3 is 3.00 bits per heavy atom. The molecule has 0 bridgehead atoms. The Kier molecular flexibility index (Phi) is 3.52. The molecule has 1 N–H and O–H groups in total. The lowest BCUT2D eigenvalue weighted by molar-refractivity contribution is 0.0743. The van der Waals surface area contributed by atoms with E-state index in [4.69, 9.17) is 0 Å². The van der Waals surface area contributed by atoms with Gasteiger partial charge in [-0.2, -0.15) is 12.6 Å². The van der Waals surface area contributed by atoms with Crippen LogP contribution in [0.4, 0.5) is 0 Å². The standard InChI is InChI=1S/C7H15NOS/c9-7-2-1-3-8(6-7)4-5-10/h7,9-10H,1-6H2. The van der Waals surface area contributed by atoms with Crippen molar-refractivity contribution < 1.29 is 5.11 Å². The Balaban J connectivity index is 2.18. The van der Waals surface area contributed by atoms with E-state index in [2.05, 4.69) is 17.5 Å². The molecule has 2 nitrogen and oxygen atoms in total. The number of likely N-dealkylation sites (tertiary alicyclic amines) is 1. The smallest absolute Gasteiger partial charge is 0.0667 e. The molecule has 0 saturated carbocycles. The molecule has 1 fully saturated rings. The minimum Gasteiger partial charge on any atom is -0.392 e. The van der Waals surface area contributed by atoms with Crippen molar-refractivity contribution in [1.29, 1.82) is 0 Å². The molecule has 60 valence electrons. The first-order valence-electron chi connectivity index (χ1n) is 3.84. The summed E-state index contributed by atoms with van der Waals surface area (Å²) in [5.74, 6) is 0.896. The van der Waals surface area contributed by atoms with Gasteiger partial charge in [0.1, 0.15) is 0 Å². The fourth-order valence-corrected chi connectivity index (χ4v) is 1.66. The minimum atomic E-state index is -0.0892. The van der Waals surface area contributed by atoms with Crippen molar-refractivity contribution in [2.45, 2.75) is 18.9 Å². The average Bonchev–Trinajstić information content (AvgIpc) is 1.88. The summed E-state index contributed by atoms with van der Waals surface area (Å²) in [6, 6.07) is 0. The molecule has 0 radical (unpaired) electrons. The van der Waals surface area contributed by atoms with Crippen molar-refractivity contribution in [2.75, 3.05) is 25.4 Å². The molecule has 10 heavy (non-hydrogen) atoms. The number of nitrogens with zero attached hydrogens (tertiary/aromatic N) is 1.